The summed E-state index contributed by atoms with van der Waals surface area (Å²) in [6.45, 7) is 2.64. The normalized spacial score (nSPS) is 19.6. The Kier molecular flexibility index (Phi) is 8.36. The Hall–Kier alpha value is -4.68. The first kappa shape index (κ1) is 29.4. The van der Waals surface area contributed by atoms with Crippen LogP contribution in [0.5, 0.6) is 0 Å². The van der Waals surface area contributed by atoms with Crippen LogP contribution in [-0.4, -0.2) is 63.3 Å². The first-order valence-electron chi connectivity index (χ1n) is 14.6. The number of hydrogen-bond donors (Lipinski definition) is 3. The molecule has 4 aromatic rings. The zero-order chi connectivity index (χ0) is 30.7. The number of nitrogens with one attached hydrogen (secondary N) is 3. The number of anilines is 2. The quantitative estimate of drug-likeness (QED) is 0.237. The number of hydrogen-bond acceptors (Lipinski definition) is 9. The fourth-order valence-electron chi connectivity index (χ4n) is 5.71. The molecule has 44 heavy (non-hydrogen) atoms. The Balaban J connectivity index is 1.06. The predicted octanol–water partition coefficient (Wildman–Crippen LogP) is 4.29. The average Bonchev–Trinajstić information content (AvgIpc) is 3.85. The van der Waals surface area contributed by atoms with Gasteiger partial charge in [-0.3, -0.25) is 24.5 Å². The monoisotopic (exact) mass is 612 g/mol. The SMILES string of the molecule is CC(=O)C1(C(=O)Nc2ccc(-c3nnc(-c4ccc(NC(=O)[C@@H]5CCCN5C(=O)Cc5cccs5)cc4)o3)cc2)CCCN1. The maximum absolute atomic E-state index is 13.1. The van der Waals surface area contributed by atoms with Crippen molar-refractivity contribution in [3.8, 4) is 22.9 Å². The van der Waals surface area contributed by atoms with E-state index in [1.165, 1.54) is 18.3 Å². The summed E-state index contributed by atoms with van der Waals surface area (Å²) < 4.78 is 5.90. The molecule has 2 saturated heterocycles. The van der Waals surface area contributed by atoms with Crippen LogP contribution in [0.2, 0.25) is 0 Å². The number of nitrogens with zero attached hydrogens (tertiary/aromatic N) is 3. The standard InChI is InChI=1S/C32H32N6O5S/c1-20(39)32(15-4-16-33-32)31(42)35-24-13-9-22(10-14-24)30-37-36-29(43-30)21-7-11-23(12-8-21)34-28(41)26-6-2-17-38(26)27(40)19-25-5-3-18-44-25/h3,5,7-14,18,26,33H,2,4,6,15-17,19H2,1H3,(H,34,41)(H,35,42)/t26-,32?/m0/s1. The molecule has 0 saturated carbocycles. The van der Waals surface area contributed by atoms with Gasteiger partial charge in [-0.2, -0.15) is 0 Å². The number of thiophene rings is 1. The molecule has 0 bridgehead atoms. The van der Waals surface area contributed by atoms with E-state index < -0.39 is 11.6 Å². The van der Waals surface area contributed by atoms with Gasteiger partial charge in [0, 0.05) is 33.9 Å². The molecule has 0 spiro atoms. The largest absolute Gasteiger partial charge is 0.416 e. The molecule has 226 valence electrons. The Labute approximate surface area is 258 Å². The van der Waals surface area contributed by atoms with Crippen LogP contribution in [0.1, 0.15) is 37.5 Å². The number of likely N-dealkylation sites (tertiary alicyclic amines) is 1. The molecule has 2 atom stereocenters. The number of aromatic nitrogens is 2. The van der Waals surface area contributed by atoms with Gasteiger partial charge in [0.05, 0.1) is 6.42 Å². The predicted molar refractivity (Wildman–Crippen MR) is 166 cm³/mol. The molecule has 6 rings (SSSR count). The highest BCUT2D eigenvalue weighted by molar-refractivity contribution is 7.10. The topological polar surface area (TPSA) is 147 Å². The smallest absolute Gasteiger partial charge is 0.252 e. The number of carbonyl (C=O) groups is 4. The van der Waals surface area contributed by atoms with Gasteiger partial charge in [-0.05, 0) is 99.1 Å². The molecule has 0 aliphatic carbocycles. The highest BCUT2D eigenvalue weighted by atomic mass is 32.1. The zero-order valence-corrected chi connectivity index (χ0v) is 25.0. The van der Waals surface area contributed by atoms with Crippen LogP contribution < -0.4 is 16.0 Å². The van der Waals surface area contributed by atoms with Crippen LogP contribution in [0.4, 0.5) is 11.4 Å². The Morgan fingerprint density at radius 2 is 1.61 bits per heavy atom. The summed E-state index contributed by atoms with van der Waals surface area (Å²) in [6.07, 6.45) is 2.97. The van der Waals surface area contributed by atoms with E-state index in [0.717, 1.165) is 17.7 Å². The molecule has 11 nitrogen and oxygen atoms in total. The highest BCUT2D eigenvalue weighted by Gasteiger charge is 2.45. The van der Waals surface area contributed by atoms with Crippen LogP contribution in [-0.2, 0) is 25.6 Å². The van der Waals surface area contributed by atoms with Crippen LogP contribution in [0.15, 0.2) is 70.5 Å². The van der Waals surface area contributed by atoms with Crippen molar-refractivity contribution in [2.75, 3.05) is 23.7 Å². The summed E-state index contributed by atoms with van der Waals surface area (Å²) in [6, 6.07) is 17.4. The Morgan fingerprint density at radius 1 is 0.955 bits per heavy atom. The molecule has 2 aliphatic rings. The van der Waals surface area contributed by atoms with Gasteiger partial charge in [0.25, 0.3) is 5.91 Å². The molecule has 2 aliphatic heterocycles. The number of ketones is 1. The highest BCUT2D eigenvalue weighted by Crippen LogP contribution is 2.28. The molecule has 0 radical (unpaired) electrons. The summed E-state index contributed by atoms with van der Waals surface area (Å²) in [5.41, 5.74) is 1.32. The molecular weight excluding hydrogens is 580 g/mol. The number of Topliss-reactive ketones (excluding diaryl/α,β-unsaturated/α-hetero) is 1. The van der Waals surface area contributed by atoms with Crippen molar-refractivity contribution in [3.05, 3.63) is 70.9 Å². The lowest BCUT2D eigenvalue weighted by atomic mass is 9.91. The summed E-state index contributed by atoms with van der Waals surface area (Å²) in [5, 5.41) is 19.1. The third kappa shape index (κ3) is 6.03. The van der Waals surface area contributed by atoms with E-state index in [1.807, 2.05) is 17.5 Å². The molecule has 3 amide bonds. The third-order valence-electron chi connectivity index (χ3n) is 8.14. The Morgan fingerprint density at radius 3 is 2.18 bits per heavy atom. The van der Waals surface area contributed by atoms with Crippen LogP contribution >= 0.6 is 11.3 Å². The number of rotatable bonds is 9. The van der Waals surface area contributed by atoms with Gasteiger partial charge in [0.1, 0.15) is 6.04 Å². The molecule has 1 unspecified atom stereocenters. The molecule has 3 N–H and O–H groups in total. The summed E-state index contributed by atoms with van der Waals surface area (Å²) in [7, 11) is 0. The maximum atomic E-state index is 13.1. The second-order valence-corrected chi connectivity index (χ2v) is 12.0. The van der Waals surface area contributed by atoms with Gasteiger partial charge >= 0.3 is 0 Å². The lowest BCUT2D eigenvalue weighted by molar-refractivity contribution is -0.136. The maximum Gasteiger partial charge on any atom is 0.252 e. The fraction of sp³-hybridized carbons (Fsp3) is 0.312. The van der Waals surface area contributed by atoms with Gasteiger partial charge in [-0.1, -0.05) is 6.07 Å². The minimum Gasteiger partial charge on any atom is -0.416 e. The fourth-order valence-corrected chi connectivity index (χ4v) is 6.41. The zero-order valence-electron chi connectivity index (χ0n) is 24.2. The van der Waals surface area contributed by atoms with Crippen LogP contribution in [0, 0.1) is 0 Å². The minimum absolute atomic E-state index is 0.0326. The summed E-state index contributed by atoms with van der Waals surface area (Å²) in [5.74, 6) is -0.178. The van der Waals surface area contributed by atoms with Crippen molar-refractivity contribution >= 4 is 46.2 Å². The molecule has 4 heterocycles. The van der Waals surface area contributed by atoms with Crippen molar-refractivity contribution < 1.29 is 23.6 Å². The first-order chi connectivity index (χ1) is 21.3. The van der Waals surface area contributed by atoms with E-state index in [0.29, 0.717) is 66.6 Å². The van der Waals surface area contributed by atoms with E-state index in [1.54, 1.807) is 53.4 Å². The molecular formula is C32H32N6O5S. The van der Waals surface area contributed by atoms with Gasteiger partial charge in [0.15, 0.2) is 11.3 Å². The summed E-state index contributed by atoms with van der Waals surface area (Å²) in [4.78, 5) is 53.6. The minimum atomic E-state index is -1.18. The van der Waals surface area contributed by atoms with Crippen molar-refractivity contribution in [3.63, 3.8) is 0 Å². The van der Waals surface area contributed by atoms with E-state index in [-0.39, 0.29) is 23.5 Å². The first-order valence-corrected chi connectivity index (χ1v) is 15.4. The van der Waals surface area contributed by atoms with Gasteiger partial charge in [-0.25, -0.2) is 0 Å². The van der Waals surface area contributed by atoms with Crippen molar-refractivity contribution in [2.45, 2.75) is 50.6 Å². The second kappa shape index (κ2) is 12.5. The number of amides is 3. The lowest BCUT2D eigenvalue weighted by Crippen LogP contribution is -2.55. The molecule has 12 heteroatoms. The van der Waals surface area contributed by atoms with Crippen molar-refractivity contribution in [1.29, 1.82) is 0 Å². The lowest BCUT2D eigenvalue weighted by Gasteiger charge is -2.25. The van der Waals surface area contributed by atoms with E-state index in [2.05, 4.69) is 26.1 Å². The van der Waals surface area contributed by atoms with E-state index in [9.17, 15) is 19.2 Å². The van der Waals surface area contributed by atoms with E-state index in [4.69, 9.17) is 4.42 Å². The van der Waals surface area contributed by atoms with Crippen molar-refractivity contribution in [2.24, 2.45) is 0 Å². The van der Waals surface area contributed by atoms with Crippen LogP contribution in [0.25, 0.3) is 22.9 Å². The van der Waals surface area contributed by atoms with Gasteiger partial charge in [0.2, 0.25) is 23.6 Å². The molecule has 2 aromatic carbocycles. The second-order valence-electron chi connectivity index (χ2n) is 11.0. The Bertz CT molecular complexity index is 1660. The van der Waals surface area contributed by atoms with Gasteiger partial charge in [-0.15, -0.1) is 21.5 Å². The van der Waals surface area contributed by atoms with Gasteiger partial charge < -0.3 is 20.0 Å². The van der Waals surface area contributed by atoms with Crippen LogP contribution in [0.3, 0.4) is 0 Å². The third-order valence-corrected chi connectivity index (χ3v) is 9.02. The molecule has 2 aromatic heterocycles. The number of benzene rings is 2. The summed E-state index contributed by atoms with van der Waals surface area (Å²) >= 11 is 1.54. The number of carbonyl (C=O) groups excluding carboxylic acids is 4. The van der Waals surface area contributed by atoms with E-state index >= 15 is 0 Å². The molecule has 2 fully saturated rings. The van der Waals surface area contributed by atoms with Crippen molar-refractivity contribution in [1.82, 2.24) is 20.4 Å². The average molecular weight is 613 g/mol.